The number of piperidine rings is 1. The monoisotopic (exact) mass is 542 g/mol. The molecule has 1 amide bonds. The molecule has 2 aromatic carbocycles. The van der Waals surface area contributed by atoms with Crippen LogP contribution >= 0.6 is 0 Å². The summed E-state index contributed by atoms with van der Waals surface area (Å²) in [4.78, 5) is 28.7. The lowest BCUT2D eigenvalue weighted by molar-refractivity contribution is -0.138. The van der Waals surface area contributed by atoms with Crippen LogP contribution in [0.1, 0.15) is 41.9 Å². The number of rotatable bonds is 8. The largest absolute Gasteiger partial charge is 0.497 e. The number of hydrogen-bond donors (Lipinski definition) is 1. The number of aryl methyl sites for hydroxylation is 1. The van der Waals surface area contributed by atoms with Crippen LogP contribution in [0.4, 0.5) is 4.39 Å². The van der Waals surface area contributed by atoms with Crippen LogP contribution in [0, 0.1) is 11.7 Å². The van der Waals surface area contributed by atoms with E-state index in [1.54, 1.807) is 43.1 Å². The van der Waals surface area contributed by atoms with Gasteiger partial charge in [0.05, 0.1) is 18.5 Å². The number of ether oxygens (including phenoxy) is 1. The molecule has 0 bridgehead atoms. The van der Waals surface area contributed by atoms with Gasteiger partial charge in [-0.2, -0.15) is 0 Å². The summed E-state index contributed by atoms with van der Waals surface area (Å²) in [6.07, 6.45) is 6.70. The van der Waals surface area contributed by atoms with E-state index in [0.29, 0.717) is 19.6 Å². The van der Waals surface area contributed by atoms with Crippen LogP contribution in [0.5, 0.6) is 5.75 Å². The molecule has 2 atom stereocenters. The Hall–Kier alpha value is -3.91. The highest BCUT2D eigenvalue weighted by atomic mass is 19.1. The molecule has 2 fully saturated rings. The second-order valence-corrected chi connectivity index (χ2v) is 11.1. The van der Waals surface area contributed by atoms with Crippen molar-refractivity contribution in [1.29, 1.82) is 0 Å². The lowest BCUT2D eigenvalue weighted by atomic mass is 9.80. The Bertz CT molecular complexity index is 1610. The van der Waals surface area contributed by atoms with Gasteiger partial charge >= 0.3 is 0 Å². The average Bonchev–Trinajstić information content (AvgIpc) is 3.76. The second-order valence-electron chi connectivity index (χ2n) is 11.1. The maximum absolute atomic E-state index is 14.2. The van der Waals surface area contributed by atoms with Gasteiger partial charge in [0.2, 0.25) is 5.91 Å². The van der Waals surface area contributed by atoms with Crippen LogP contribution < -0.4 is 15.6 Å². The van der Waals surface area contributed by atoms with E-state index in [4.69, 9.17) is 4.74 Å². The topological polar surface area (TPSA) is 68.5 Å². The van der Waals surface area contributed by atoms with Crippen LogP contribution in [0.3, 0.4) is 0 Å². The van der Waals surface area contributed by atoms with E-state index in [1.165, 1.54) is 6.07 Å². The third kappa shape index (κ3) is 5.28. The summed E-state index contributed by atoms with van der Waals surface area (Å²) in [7, 11) is 3.39. The Kier molecular flexibility index (Phi) is 7.19. The minimum Gasteiger partial charge on any atom is -0.497 e. The molecule has 3 heterocycles. The third-order valence-corrected chi connectivity index (χ3v) is 8.38. The molecule has 2 aliphatic rings. The summed E-state index contributed by atoms with van der Waals surface area (Å²) in [5.74, 6) is 0.395. The SMILES string of the molecule is COc1ccc2c(CN(C(=O)[C@@H]3CNCC[C@H]3c3ccn(C)c(=O)c3)C3CC3)cn(Cc3cccc(F)c3)c2c1. The van der Waals surface area contributed by atoms with Crippen molar-refractivity contribution in [2.24, 2.45) is 13.0 Å². The number of fused-ring (bicyclic) bond motifs is 1. The van der Waals surface area contributed by atoms with Crippen molar-refractivity contribution in [3.63, 3.8) is 0 Å². The minimum absolute atomic E-state index is 0.00230. The van der Waals surface area contributed by atoms with E-state index in [-0.39, 0.29) is 35.2 Å². The van der Waals surface area contributed by atoms with Gasteiger partial charge in [0.1, 0.15) is 11.6 Å². The smallest absolute Gasteiger partial charge is 0.250 e. The normalized spacial score (nSPS) is 19.1. The van der Waals surface area contributed by atoms with Crippen molar-refractivity contribution in [2.75, 3.05) is 20.2 Å². The summed E-state index contributed by atoms with van der Waals surface area (Å²) in [5, 5.41) is 4.47. The number of amides is 1. The summed E-state index contributed by atoms with van der Waals surface area (Å²) in [5.41, 5.74) is 3.80. The number of nitrogens with one attached hydrogen (secondary N) is 1. The maximum Gasteiger partial charge on any atom is 0.250 e. The van der Waals surface area contributed by atoms with E-state index in [9.17, 15) is 14.0 Å². The highest BCUT2D eigenvalue weighted by molar-refractivity contribution is 5.87. The average molecular weight is 543 g/mol. The minimum atomic E-state index is -0.260. The molecule has 2 aromatic heterocycles. The molecule has 0 unspecified atom stereocenters. The number of benzene rings is 2. The van der Waals surface area contributed by atoms with Gasteiger partial charge in [0.25, 0.3) is 5.56 Å². The number of carbonyl (C=O) groups is 1. The van der Waals surface area contributed by atoms with Crippen LogP contribution in [0.15, 0.2) is 71.8 Å². The van der Waals surface area contributed by atoms with E-state index in [1.807, 2.05) is 30.3 Å². The first-order valence-electron chi connectivity index (χ1n) is 14.0. The van der Waals surface area contributed by atoms with Crippen molar-refractivity contribution >= 4 is 16.8 Å². The molecule has 40 heavy (non-hydrogen) atoms. The molecule has 4 aromatic rings. The van der Waals surface area contributed by atoms with Crippen LogP contribution in [-0.2, 0) is 24.9 Å². The van der Waals surface area contributed by atoms with Gasteiger partial charge in [-0.05, 0) is 78.7 Å². The highest BCUT2D eigenvalue weighted by Crippen LogP contribution is 2.37. The molecule has 1 saturated carbocycles. The highest BCUT2D eigenvalue weighted by Gasteiger charge is 2.40. The lowest BCUT2D eigenvalue weighted by Gasteiger charge is -2.35. The van der Waals surface area contributed by atoms with Gasteiger partial charge in [-0.3, -0.25) is 9.59 Å². The van der Waals surface area contributed by atoms with E-state index >= 15 is 0 Å². The second kappa shape index (κ2) is 10.9. The van der Waals surface area contributed by atoms with E-state index in [0.717, 1.165) is 59.2 Å². The Morgan fingerprint density at radius 3 is 2.73 bits per heavy atom. The number of nitrogens with zero attached hydrogens (tertiary/aromatic N) is 3. The summed E-state index contributed by atoms with van der Waals surface area (Å²) in [6, 6.07) is 16.5. The van der Waals surface area contributed by atoms with Crippen molar-refractivity contribution in [3.8, 4) is 5.75 Å². The zero-order valence-corrected chi connectivity index (χ0v) is 23.0. The molecule has 1 N–H and O–H groups in total. The van der Waals surface area contributed by atoms with Crippen LogP contribution in [0.2, 0.25) is 0 Å². The van der Waals surface area contributed by atoms with Gasteiger partial charge in [-0.1, -0.05) is 12.1 Å². The fraction of sp³-hybridized carbons (Fsp3) is 0.375. The van der Waals surface area contributed by atoms with Crippen LogP contribution in [-0.4, -0.2) is 46.2 Å². The van der Waals surface area contributed by atoms with Gasteiger partial charge in [0.15, 0.2) is 0 Å². The number of pyridine rings is 1. The standard InChI is InChI=1S/C32H35FN4O3/c1-35-13-11-22(15-31(35)38)27-10-12-34-17-29(27)32(39)37(25-6-7-25)20-23-19-36(18-21-4-3-5-24(33)14-21)30-16-26(40-2)8-9-28(23)30/h3-5,8-9,11,13-16,19,25,27,29,34H,6-7,10,12,17-18,20H2,1-2H3/t27-,29+/m0/s1. The zero-order valence-electron chi connectivity index (χ0n) is 23.0. The van der Waals surface area contributed by atoms with E-state index in [2.05, 4.69) is 21.0 Å². The van der Waals surface area contributed by atoms with Gasteiger partial charge in [0, 0.05) is 62.6 Å². The first-order chi connectivity index (χ1) is 19.4. The van der Waals surface area contributed by atoms with Crippen molar-refractivity contribution < 1.29 is 13.9 Å². The molecule has 1 aliphatic carbocycles. The maximum atomic E-state index is 14.2. The number of hydrogen-bond acceptors (Lipinski definition) is 4. The first kappa shape index (κ1) is 26.3. The van der Waals surface area contributed by atoms with Crippen molar-refractivity contribution in [3.05, 3.63) is 99.9 Å². The predicted molar refractivity (Wildman–Crippen MR) is 153 cm³/mol. The molecule has 8 heteroatoms. The zero-order chi connectivity index (χ0) is 27.8. The summed E-state index contributed by atoms with van der Waals surface area (Å²) < 4.78 is 23.1. The number of methoxy groups -OCH3 is 1. The fourth-order valence-electron chi connectivity index (χ4n) is 6.04. The number of halogens is 1. The van der Waals surface area contributed by atoms with Gasteiger partial charge < -0.3 is 24.1 Å². The lowest BCUT2D eigenvalue weighted by Crippen LogP contribution is -2.47. The Labute approximate surface area is 233 Å². The molecular weight excluding hydrogens is 507 g/mol. The van der Waals surface area contributed by atoms with E-state index < -0.39 is 0 Å². The molecule has 0 spiro atoms. The molecular formula is C32H35FN4O3. The van der Waals surface area contributed by atoms with Gasteiger partial charge in [-0.25, -0.2) is 4.39 Å². The van der Waals surface area contributed by atoms with Crippen molar-refractivity contribution in [1.82, 2.24) is 19.4 Å². The summed E-state index contributed by atoms with van der Waals surface area (Å²) >= 11 is 0. The molecule has 1 saturated heterocycles. The van der Waals surface area contributed by atoms with Crippen LogP contribution in [0.25, 0.3) is 10.9 Å². The first-order valence-corrected chi connectivity index (χ1v) is 14.0. The molecule has 6 rings (SSSR count). The molecule has 208 valence electrons. The Morgan fingerprint density at radius 2 is 1.98 bits per heavy atom. The summed E-state index contributed by atoms with van der Waals surface area (Å²) in [6.45, 7) is 2.43. The number of aromatic nitrogens is 2. The van der Waals surface area contributed by atoms with Gasteiger partial charge in [-0.15, -0.1) is 0 Å². The molecule has 1 aliphatic heterocycles. The third-order valence-electron chi connectivity index (χ3n) is 8.38. The molecule has 0 radical (unpaired) electrons. The quantitative estimate of drug-likeness (QED) is 0.358. The molecule has 7 nitrogen and oxygen atoms in total. The van der Waals surface area contributed by atoms with Crippen molar-refractivity contribution in [2.45, 2.75) is 44.3 Å². The number of carbonyl (C=O) groups excluding carboxylic acids is 1. The predicted octanol–water partition coefficient (Wildman–Crippen LogP) is 4.42. The Balaban J connectivity index is 1.33. The fourth-order valence-corrected chi connectivity index (χ4v) is 6.04. The Morgan fingerprint density at radius 1 is 1.12 bits per heavy atom.